The molecule has 2 rings (SSSR count). The maximum Gasteiger partial charge on any atom is 0.263 e. The van der Waals surface area contributed by atoms with Crippen molar-refractivity contribution in [3.63, 3.8) is 0 Å². The second-order valence-electron chi connectivity index (χ2n) is 3.04. The van der Waals surface area contributed by atoms with Gasteiger partial charge in [0.2, 0.25) is 18.0 Å². The molecule has 78 valence electrons. The molecular formula is C7H7N5O3. The van der Waals surface area contributed by atoms with Gasteiger partial charge in [-0.3, -0.25) is 14.4 Å². The number of nitrogens with zero attached hydrogens (tertiary/aromatic N) is 3. The molecule has 0 aromatic carbocycles. The summed E-state index contributed by atoms with van der Waals surface area (Å²) in [6.45, 7) is 0. The molecule has 0 saturated heterocycles. The Morgan fingerprint density at radius 2 is 2.33 bits per heavy atom. The molecule has 0 aromatic rings. The summed E-state index contributed by atoms with van der Waals surface area (Å²) in [7, 11) is 0. The van der Waals surface area contributed by atoms with Crippen LogP contribution in [-0.2, 0) is 14.4 Å². The summed E-state index contributed by atoms with van der Waals surface area (Å²) in [5, 5.41) is 2.55. The highest BCUT2D eigenvalue weighted by Crippen LogP contribution is 2.24. The number of aldehydes is 1. The molecule has 0 spiro atoms. The molecule has 2 atom stereocenters. The normalized spacial score (nSPS) is 33.1. The number of nitrogens with two attached hydrogens (primary N) is 1. The number of imide groups is 1. The van der Waals surface area contributed by atoms with E-state index >= 15 is 0 Å². The minimum atomic E-state index is -1.55. The molecule has 2 aliphatic heterocycles. The predicted molar refractivity (Wildman–Crippen MR) is 48.7 cm³/mol. The van der Waals surface area contributed by atoms with Crippen LogP contribution in [0.4, 0.5) is 0 Å². The molecule has 2 unspecified atom stereocenters. The number of rotatable bonds is 2. The van der Waals surface area contributed by atoms with E-state index in [0.717, 1.165) is 0 Å². The Morgan fingerprint density at radius 1 is 1.60 bits per heavy atom. The van der Waals surface area contributed by atoms with Crippen molar-refractivity contribution in [2.24, 2.45) is 15.7 Å². The summed E-state index contributed by atoms with van der Waals surface area (Å²) in [6.07, 6.45) is 1.86. The van der Waals surface area contributed by atoms with Crippen LogP contribution in [0, 0.1) is 0 Å². The summed E-state index contributed by atoms with van der Waals surface area (Å²) in [4.78, 5) is 41.2. The van der Waals surface area contributed by atoms with E-state index in [9.17, 15) is 14.4 Å². The standard InChI is InChI=1S/C7H7N5O3/c8-6-11-7(1-13)4(9-2-10-7)5(15)12(6)3-14/h1-4H,(H2,8,11)(H,9,10). The lowest BCUT2D eigenvalue weighted by Gasteiger charge is -2.31. The zero-order valence-corrected chi connectivity index (χ0v) is 7.45. The first kappa shape index (κ1) is 9.31. The minimum Gasteiger partial charge on any atom is -0.369 e. The predicted octanol–water partition coefficient (Wildman–Crippen LogP) is -2.80. The van der Waals surface area contributed by atoms with Crippen LogP contribution in [0.5, 0.6) is 0 Å². The van der Waals surface area contributed by atoms with Crippen LogP contribution in [0.3, 0.4) is 0 Å². The highest BCUT2D eigenvalue weighted by atomic mass is 16.2. The fraction of sp³-hybridized carbons (Fsp3) is 0.286. The average molecular weight is 209 g/mol. The van der Waals surface area contributed by atoms with Crippen molar-refractivity contribution in [2.75, 3.05) is 0 Å². The van der Waals surface area contributed by atoms with Crippen molar-refractivity contribution in [1.29, 1.82) is 0 Å². The van der Waals surface area contributed by atoms with Gasteiger partial charge in [0.05, 0.1) is 6.34 Å². The fourth-order valence-electron chi connectivity index (χ4n) is 1.48. The van der Waals surface area contributed by atoms with E-state index in [1.165, 1.54) is 6.34 Å². The molecule has 0 aromatic heterocycles. The lowest BCUT2D eigenvalue weighted by atomic mass is 10.0. The summed E-state index contributed by atoms with van der Waals surface area (Å²) < 4.78 is 0. The second-order valence-corrected chi connectivity index (χ2v) is 3.04. The van der Waals surface area contributed by atoms with Gasteiger partial charge < -0.3 is 11.1 Å². The maximum atomic E-state index is 11.6. The van der Waals surface area contributed by atoms with Crippen LogP contribution in [0.2, 0.25) is 0 Å². The van der Waals surface area contributed by atoms with Crippen LogP contribution < -0.4 is 11.1 Å². The third kappa shape index (κ3) is 1.04. The lowest BCUT2D eigenvalue weighted by molar-refractivity contribution is -0.138. The van der Waals surface area contributed by atoms with E-state index in [1.54, 1.807) is 0 Å². The van der Waals surface area contributed by atoms with Crippen LogP contribution >= 0.6 is 0 Å². The van der Waals surface area contributed by atoms with Gasteiger partial charge in [-0.05, 0) is 0 Å². The number of amides is 2. The van der Waals surface area contributed by atoms with Crippen molar-refractivity contribution in [1.82, 2.24) is 10.2 Å². The van der Waals surface area contributed by atoms with E-state index in [1.807, 2.05) is 0 Å². The Bertz CT molecular complexity index is 403. The Hall–Kier alpha value is -2.25. The molecule has 8 nitrogen and oxygen atoms in total. The highest BCUT2D eigenvalue weighted by molar-refractivity contribution is 6.12. The second kappa shape index (κ2) is 2.87. The van der Waals surface area contributed by atoms with Crippen LogP contribution in [0.1, 0.15) is 0 Å². The zero-order chi connectivity index (χ0) is 11.1. The van der Waals surface area contributed by atoms with E-state index < -0.39 is 17.6 Å². The minimum absolute atomic E-state index is 0.246. The Labute approximate surface area is 83.8 Å². The first-order valence-corrected chi connectivity index (χ1v) is 4.04. The summed E-state index contributed by atoms with van der Waals surface area (Å²) in [5.41, 5.74) is 3.81. The number of hydrogen-bond acceptors (Lipinski definition) is 7. The molecule has 0 radical (unpaired) electrons. The number of fused-ring (bicyclic) bond motifs is 1. The van der Waals surface area contributed by atoms with Crippen molar-refractivity contribution in [2.45, 2.75) is 11.7 Å². The van der Waals surface area contributed by atoms with E-state index in [0.29, 0.717) is 11.2 Å². The Morgan fingerprint density at radius 3 is 2.93 bits per heavy atom. The number of carbonyl (C=O) groups excluding carboxylic acids is 3. The molecular weight excluding hydrogens is 202 g/mol. The summed E-state index contributed by atoms with van der Waals surface area (Å²) >= 11 is 0. The van der Waals surface area contributed by atoms with Gasteiger partial charge >= 0.3 is 0 Å². The van der Waals surface area contributed by atoms with Gasteiger partial charge in [-0.1, -0.05) is 0 Å². The number of guanidine groups is 1. The smallest absolute Gasteiger partial charge is 0.263 e. The van der Waals surface area contributed by atoms with Gasteiger partial charge in [-0.2, -0.15) is 0 Å². The first-order valence-electron chi connectivity index (χ1n) is 4.04. The van der Waals surface area contributed by atoms with Crippen molar-refractivity contribution >= 4 is 30.9 Å². The molecule has 2 heterocycles. The van der Waals surface area contributed by atoms with Gasteiger partial charge in [0.15, 0.2) is 12.3 Å². The monoisotopic (exact) mass is 209 g/mol. The van der Waals surface area contributed by atoms with Gasteiger partial charge in [0.1, 0.15) is 0 Å². The molecule has 3 N–H and O–H groups in total. The molecule has 0 saturated carbocycles. The largest absolute Gasteiger partial charge is 0.369 e. The maximum absolute atomic E-state index is 11.6. The Balaban J connectivity index is 2.52. The number of carbonyl (C=O) groups is 3. The topological polar surface area (TPSA) is 117 Å². The van der Waals surface area contributed by atoms with Gasteiger partial charge in [0.25, 0.3) is 5.91 Å². The van der Waals surface area contributed by atoms with Crippen molar-refractivity contribution in [3.05, 3.63) is 0 Å². The zero-order valence-electron chi connectivity index (χ0n) is 7.45. The van der Waals surface area contributed by atoms with E-state index in [-0.39, 0.29) is 12.4 Å². The van der Waals surface area contributed by atoms with Crippen molar-refractivity contribution in [3.8, 4) is 0 Å². The molecule has 2 aliphatic rings. The van der Waals surface area contributed by atoms with Gasteiger partial charge in [-0.15, -0.1) is 0 Å². The van der Waals surface area contributed by atoms with Crippen LogP contribution in [0.25, 0.3) is 0 Å². The van der Waals surface area contributed by atoms with E-state index in [2.05, 4.69) is 15.3 Å². The highest BCUT2D eigenvalue weighted by Gasteiger charge is 2.51. The summed E-state index contributed by atoms with van der Waals surface area (Å²) in [6, 6.07) is -0.993. The van der Waals surface area contributed by atoms with Crippen molar-refractivity contribution < 1.29 is 14.4 Å². The SMILES string of the molecule is NC1=NC2(C=O)N=CNC2C(=O)N1C=O. The summed E-state index contributed by atoms with van der Waals surface area (Å²) in [5.74, 6) is -0.985. The fourth-order valence-corrected chi connectivity index (χ4v) is 1.48. The number of aliphatic imine (C=N–C) groups is 2. The third-order valence-corrected chi connectivity index (χ3v) is 2.24. The van der Waals surface area contributed by atoms with Gasteiger partial charge in [-0.25, -0.2) is 14.9 Å². The third-order valence-electron chi connectivity index (χ3n) is 2.24. The first-order chi connectivity index (χ1) is 7.14. The number of hydrogen-bond donors (Lipinski definition) is 2. The molecule has 0 fully saturated rings. The quantitative estimate of drug-likeness (QED) is 0.476. The molecule has 8 heteroatoms. The molecule has 15 heavy (non-hydrogen) atoms. The number of nitrogens with one attached hydrogen (secondary N) is 1. The van der Waals surface area contributed by atoms with E-state index in [4.69, 9.17) is 5.73 Å². The van der Waals surface area contributed by atoms with Crippen LogP contribution in [0.15, 0.2) is 9.98 Å². The molecule has 2 amide bonds. The molecule has 0 aliphatic carbocycles. The molecule has 0 bridgehead atoms. The average Bonchev–Trinajstić information content (AvgIpc) is 2.63. The Kier molecular flexibility index (Phi) is 1.78. The van der Waals surface area contributed by atoms with Gasteiger partial charge in [0, 0.05) is 0 Å². The lowest BCUT2D eigenvalue weighted by Crippen LogP contribution is -2.62. The van der Waals surface area contributed by atoms with Crippen LogP contribution in [-0.4, -0.2) is 47.5 Å².